The lowest BCUT2D eigenvalue weighted by Crippen LogP contribution is -2.49. The molecule has 1 fully saturated rings. The SMILES string of the molecule is CN(c1nc2ccccc2o1)C1CCCN(C(=O)Cn2cc(NC=O)cn2)C1. The van der Waals surface area contributed by atoms with Gasteiger partial charge in [-0.25, -0.2) is 0 Å². The number of piperidine rings is 1. The van der Waals surface area contributed by atoms with Crippen molar-refractivity contribution >= 4 is 35.1 Å². The van der Waals surface area contributed by atoms with Gasteiger partial charge >= 0.3 is 0 Å². The van der Waals surface area contributed by atoms with E-state index in [1.54, 1.807) is 6.20 Å². The van der Waals surface area contributed by atoms with Crippen molar-refractivity contribution in [2.45, 2.75) is 25.4 Å². The summed E-state index contributed by atoms with van der Waals surface area (Å²) < 4.78 is 7.39. The smallest absolute Gasteiger partial charge is 0.298 e. The van der Waals surface area contributed by atoms with Crippen LogP contribution in [0, 0.1) is 0 Å². The van der Waals surface area contributed by atoms with Crippen molar-refractivity contribution in [3.63, 3.8) is 0 Å². The van der Waals surface area contributed by atoms with Crippen LogP contribution in [0.4, 0.5) is 11.7 Å². The van der Waals surface area contributed by atoms with Crippen LogP contribution in [0.15, 0.2) is 41.1 Å². The maximum atomic E-state index is 12.7. The quantitative estimate of drug-likeness (QED) is 0.652. The van der Waals surface area contributed by atoms with Crippen LogP contribution >= 0.6 is 0 Å². The minimum absolute atomic E-state index is 0.00332. The maximum absolute atomic E-state index is 12.7. The zero-order chi connectivity index (χ0) is 19.5. The van der Waals surface area contributed by atoms with Crippen molar-refractivity contribution in [2.24, 2.45) is 0 Å². The first-order valence-electron chi connectivity index (χ1n) is 9.23. The van der Waals surface area contributed by atoms with Gasteiger partial charge in [0.15, 0.2) is 5.58 Å². The second kappa shape index (κ2) is 7.71. The minimum atomic E-state index is -0.00332. The third kappa shape index (κ3) is 3.68. The molecule has 0 saturated carbocycles. The normalized spacial score (nSPS) is 16.9. The number of hydrogen-bond donors (Lipinski definition) is 1. The van der Waals surface area contributed by atoms with Crippen LogP contribution in [0.2, 0.25) is 0 Å². The number of likely N-dealkylation sites (tertiary alicyclic amines) is 1. The van der Waals surface area contributed by atoms with Crippen LogP contribution in [0.25, 0.3) is 11.1 Å². The molecule has 1 N–H and O–H groups in total. The predicted molar refractivity (Wildman–Crippen MR) is 104 cm³/mol. The van der Waals surface area contributed by atoms with Gasteiger partial charge in [0.1, 0.15) is 12.1 Å². The number of rotatable bonds is 6. The molecule has 9 nitrogen and oxygen atoms in total. The monoisotopic (exact) mass is 382 g/mol. The fraction of sp³-hybridized carbons (Fsp3) is 0.368. The number of hydrogen-bond acceptors (Lipinski definition) is 6. The van der Waals surface area contributed by atoms with Gasteiger partial charge in [-0.3, -0.25) is 14.3 Å². The van der Waals surface area contributed by atoms with Crippen molar-refractivity contribution in [1.29, 1.82) is 0 Å². The van der Waals surface area contributed by atoms with E-state index in [0.717, 1.165) is 30.5 Å². The molecule has 146 valence electrons. The van der Waals surface area contributed by atoms with E-state index >= 15 is 0 Å². The Hall–Kier alpha value is -3.36. The summed E-state index contributed by atoms with van der Waals surface area (Å²) in [7, 11) is 1.95. The number of benzene rings is 1. The number of oxazole rings is 1. The molecule has 4 rings (SSSR count). The molecule has 0 aliphatic carbocycles. The molecular weight excluding hydrogens is 360 g/mol. The van der Waals surface area contributed by atoms with Gasteiger partial charge in [-0.05, 0) is 25.0 Å². The Morgan fingerprint density at radius 3 is 3.11 bits per heavy atom. The van der Waals surface area contributed by atoms with E-state index in [1.165, 1.54) is 10.9 Å². The van der Waals surface area contributed by atoms with Gasteiger partial charge in [0.25, 0.3) is 6.01 Å². The summed E-state index contributed by atoms with van der Waals surface area (Å²) >= 11 is 0. The Balaban J connectivity index is 1.41. The Morgan fingerprint density at radius 2 is 2.29 bits per heavy atom. The van der Waals surface area contributed by atoms with Crippen LogP contribution in [0.3, 0.4) is 0 Å². The highest BCUT2D eigenvalue weighted by atomic mass is 16.4. The lowest BCUT2D eigenvalue weighted by atomic mass is 10.0. The van der Waals surface area contributed by atoms with E-state index in [9.17, 15) is 9.59 Å². The van der Waals surface area contributed by atoms with Crippen LogP contribution in [-0.2, 0) is 16.1 Å². The summed E-state index contributed by atoms with van der Waals surface area (Å²) in [6, 6.07) is 8.37. The molecule has 0 spiro atoms. The number of fused-ring (bicyclic) bond motifs is 1. The second-order valence-electron chi connectivity index (χ2n) is 6.90. The summed E-state index contributed by atoms with van der Waals surface area (Å²) in [6.45, 7) is 1.46. The van der Waals surface area contributed by atoms with Gasteiger partial charge in [0.05, 0.1) is 17.9 Å². The Kier molecular flexibility index (Phi) is 4.96. The van der Waals surface area contributed by atoms with E-state index in [1.807, 2.05) is 41.1 Å². The molecule has 0 radical (unpaired) electrons. The molecular formula is C19H22N6O3. The van der Waals surface area contributed by atoms with Crippen molar-refractivity contribution in [2.75, 3.05) is 30.4 Å². The molecule has 2 amide bonds. The Morgan fingerprint density at radius 1 is 1.43 bits per heavy atom. The number of nitrogens with zero attached hydrogens (tertiary/aromatic N) is 5. The number of aromatic nitrogens is 3. The highest BCUT2D eigenvalue weighted by molar-refractivity contribution is 5.77. The van der Waals surface area contributed by atoms with Crippen LogP contribution in [0.5, 0.6) is 0 Å². The lowest BCUT2D eigenvalue weighted by Gasteiger charge is -2.37. The lowest BCUT2D eigenvalue weighted by molar-refractivity contribution is -0.133. The van der Waals surface area contributed by atoms with E-state index in [4.69, 9.17) is 4.42 Å². The van der Waals surface area contributed by atoms with Crippen molar-refractivity contribution < 1.29 is 14.0 Å². The third-order valence-corrected chi connectivity index (χ3v) is 5.04. The van der Waals surface area contributed by atoms with Gasteiger partial charge in [-0.15, -0.1) is 0 Å². The minimum Gasteiger partial charge on any atom is -0.423 e. The van der Waals surface area contributed by atoms with Crippen molar-refractivity contribution in [3.05, 3.63) is 36.7 Å². The first-order valence-corrected chi connectivity index (χ1v) is 9.23. The average molecular weight is 382 g/mol. The summed E-state index contributed by atoms with van der Waals surface area (Å²) in [5, 5.41) is 6.63. The number of amides is 2. The molecule has 3 heterocycles. The van der Waals surface area contributed by atoms with Crippen LogP contribution in [-0.4, -0.2) is 58.2 Å². The number of carbonyl (C=O) groups is 2. The summed E-state index contributed by atoms with van der Waals surface area (Å²) in [5.41, 5.74) is 2.15. The second-order valence-corrected chi connectivity index (χ2v) is 6.90. The molecule has 1 atom stereocenters. The first-order chi connectivity index (χ1) is 13.6. The van der Waals surface area contributed by atoms with Crippen LogP contribution < -0.4 is 10.2 Å². The number of carbonyl (C=O) groups excluding carboxylic acids is 2. The summed E-state index contributed by atoms with van der Waals surface area (Å²) in [5.74, 6) is -0.00332. The standard InChI is InChI=1S/C19H22N6O3/c1-23(19-22-16-6-2-3-7-17(16)28-19)15-5-4-8-24(11-15)18(27)12-25-10-14(9-21-25)20-13-26/h2-3,6-7,9-10,13,15H,4-5,8,11-12H2,1H3,(H,20,26). The number of para-hydroxylation sites is 2. The van der Waals surface area contributed by atoms with E-state index in [-0.39, 0.29) is 18.5 Å². The molecule has 28 heavy (non-hydrogen) atoms. The fourth-order valence-electron chi connectivity index (χ4n) is 3.50. The van der Waals surface area contributed by atoms with E-state index in [2.05, 4.69) is 15.4 Å². The summed E-state index contributed by atoms with van der Waals surface area (Å²) in [6.07, 6.45) is 5.62. The van der Waals surface area contributed by atoms with Gasteiger partial charge in [-0.2, -0.15) is 10.1 Å². The first kappa shape index (κ1) is 18.0. The highest BCUT2D eigenvalue weighted by Crippen LogP contribution is 2.25. The zero-order valence-corrected chi connectivity index (χ0v) is 15.6. The molecule has 3 aromatic rings. The Bertz CT molecular complexity index is 948. The average Bonchev–Trinajstić information content (AvgIpc) is 3.34. The number of nitrogens with one attached hydrogen (secondary N) is 1. The topological polar surface area (TPSA) is 96.5 Å². The molecule has 1 unspecified atom stereocenters. The maximum Gasteiger partial charge on any atom is 0.298 e. The molecule has 9 heteroatoms. The van der Waals surface area contributed by atoms with Gasteiger partial charge in [-0.1, -0.05) is 12.1 Å². The van der Waals surface area contributed by atoms with Crippen molar-refractivity contribution in [3.8, 4) is 0 Å². The van der Waals surface area contributed by atoms with Gasteiger partial charge in [0, 0.05) is 26.3 Å². The molecule has 1 aliphatic heterocycles. The predicted octanol–water partition coefficient (Wildman–Crippen LogP) is 1.72. The zero-order valence-electron chi connectivity index (χ0n) is 15.6. The van der Waals surface area contributed by atoms with Crippen molar-refractivity contribution in [1.82, 2.24) is 19.7 Å². The fourth-order valence-corrected chi connectivity index (χ4v) is 3.50. The van der Waals surface area contributed by atoms with E-state index in [0.29, 0.717) is 24.7 Å². The third-order valence-electron chi connectivity index (χ3n) is 5.04. The number of likely N-dealkylation sites (N-methyl/N-ethyl adjacent to an activating group) is 1. The molecule has 0 bridgehead atoms. The van der Waals surface area contributed by atoms with Gasteiger partial charge in [0.2, 0.25) is 12.3 Å². The molecule has 1 aliphatic rings. The molecule has 2 aromatic heterocycles. The highest BCUT2D eigenvalue weighted by Gasteiger charge is 2.28. The molecule has 1 aromatic carbocycles. The summed E-state index contributed by atoms with van der Waals surface area (Å²) in [4.78, 5) is 31.6. The number of anilines is 2. The van der Waals surface area contributed by atoms with E-state index < -0.39 is 0 Å². The van der Waals surface area contributed by atoms with Gasteiger partial charge < -0.3 is 19.5 Å². The van der Waals surface area contributed by atoms with Crippen LogP contribution in [0.1, 0.15) is 12.8 Å². The largest absolute Gasteiger partial charge is 0.423 e. The Labute approximate surface area is 161 Å². The molecule has 1 saturated heterocycles.